The van der Waals surface area contributed by atoms with Crippen LogP contribution in [0.15, 0.2) is 42.6 Å². The van der Waals surface area contributed by atoms with Crippen LogP contribution in [0.25, 0.3) is 10.9 Å². The van der Waals surface area contributed by atoms with Crippen molar-refractivity contribution in [2.24, 2.45) is 0 Å². The Morgan fingerprint density at radius 1 is 1.19 bits per heavy atom. The van der Waals surface area contributed by atoms with Gasteiger partial charge in [0.15, 0.2) is 10.9 Å². The van der Waals surface area contributed by atoms with Gasteiger partial charge in [0.25, 0.3) is 5.91 Å². The van der Waals surface area contributed by atoms with Gasteiger partial charge in [-0.1, -0.05) is 29.5 Å². The van der Waals surface area contributed by atoms with Crippen LogP contribution in [0, 0.1) is 13.8 Å². The highest BCUT2D eigenvalue weighted by molar-refractivity contribution is 7.17. The maximum Gasteiger partial charge on any atom is 0.408 e. The van der Waals surface area contributed by atoms with E-state index in [2.05, 4.69) is 20.7 Å². The number of amides is 1. The third-order valence-corrected chi connectivity index (χ3v) is 5.74. The lowest BCUT2D eigenvalue weighted by molar-refractivity contribution is -0.141. The summed E-state index contributed by atoms with van der Waals surface area (Å²) in [6.45, 7) is 2.29. The number of phenolic OH excluding ortho intramolecular Hbond substituents is 1. The molecule has 32 heavy (non-hydrogen) atoms. The normalized spacial score (nSPS) is 11.7. The number of aromatic nitrogens is 3. The van der Waals surface area contributed by atoms with Crippen molar-refractivity contribution in [3.63, 3.8) is 0 Å². The number of phenols is 1. The molecule has 0 aliphatic carbocycles. The Bertz CT molecular complexity index is 1310. The number of carbonyl (C=O) groups excluding carboxylic acids is 1. The molecule has 0 spiro atoms. The number of aromatic hydroxyl groups is 1. The number of nitrogens with one attached hydrogen (secondary N) is 2. The fourth-order valence-corrected chi connectivity index (χ4v) is 3.96. The molecule has 0 radical (unpaired) electrons. The molecule has 0 saturated carbocycles. The summed E-state index contributed by atoms with van der Waals surface area (Å²) in [6, 6.07) is 9.80. The molecular weight excluding hydrogens is 443 g/mol. The molecular formula is C21H18F3N5O2S. The molecule has 0 atom stereocenters. The van der Waals surface area contributed by atoms with Crippen LogP contribution in [0.5, 0.6) is 5.75 Å². The van der Waals surface area contributed by atoms with Crippen LogP contribution < -0.4 is 10.6 Å². The predicted molar refractivity (Wildman–Crippen MR) is 117 cm³/mol. The molecule has 0 saturated heterocycles. The van der Waals surface area contributed by atoms with Crippen molar-refractivity contribution < 1.29 is 23.1 Å². The number of benzene rings is 2. The number of nitrogens with zero attached hydrogens (tertiary/aromatic N) is 3. The highest BCUT2D eigenvalue weighted by atomic mass is 32.1. The second-order valence-electron chi connectivity index (χ2n) is 7.15. The number of hydrogen-bond donors (Lipinski definition) is 3. The molecule has 2 aromatic carbocycles. The molecule has 4 rings (SSSR count). The maximum atomic E-state index is 12.9. The van der Waals surface area contributed by atoms with Gasteiger partial charge in [0.2, 0.25) is 0 Å². The predicted octanol–water partition coefficient (Wildman–Crippen LogP) is 5.37. The number of aryl methyl sites for hydroxylation is 1. The van der Waals surface area contributed by atoms with E-state index in [-0.39, 0.29) is 16.4 Å². The monoisotopic (exact) mass is 461 g/mol. The van der Waals surface area contributed by atoms with E-state index in [0.29, 0.717) is 27.3 Å². The van der Waals surface area contributed by atoms with Gasteiger partial charge in [-0.3, -0.25) is 9.48 Å². The van der Waals surface area contributed by atoms with Crippen LogP contribution >= 0.6 is 11.3 Å². The standard InChI is InChI=1S/C21H18F3N5O2S/c1-11-7-8-15(30)12(2)17(11)26-19(31)16-9-25-20(32-16)27-18-13-5-3-4-6-14(13)29(28-18)10-21(22,23)24/h3-9,30H,10H2,1-2H3,(H,26,31)(H,25,27,28). The van der Waals surface area contributed by atoms with Crippen LogP contribution in [0.1, 0.15) is 20.8 Å². The first kappa shape index (κ1) is 21.6. The number of alkyl halides is 3. The van der Waals surface area contributed by atoms with Crippen molar-refractivity contribution >= 4 is 44.8 Å². The minimum Gasteiger partial charge on any atom is -0.508 e. The van der Waals surface area contributed by atoms with Crippen molar-refractivity contribution in [2.75, 3.05) is 10.6 Å². The molecule has 7 nitrogen and oxygen atoms in total. The minimum atomic E-state index is -4.42. The first-order valence-electron chi connectivity index (χ1n) is 9.48. The Kier molecular flexibility index (Phi) is 5.51. The van der Waals surface area contributed by atoms with Crippen LogP contribution in [-0.2, 0) is 6.54 Å². The smallest absolute Gasteiger partial charge is 0.408 e. The molecule has 0 aliphatic rings. The summed E-state index contributed by atoms with van der Waals surface area (Å²) in [4.78, 5) is 17.1. The average Bonchev–Trinajstić information content (AvgIpc) is 3.33. The zero-order chi connectivity index (χ0) is 23.0. The van der Waals surface area contributed by atoms with E-state index in [1.807, 2.05) is 6.92 Å². The van der Waals surface area contributed by atoms with Gasteiger partial charge in [-0.05, 0) is 37.6 Å². The van der Waals surface area contributed by atoms with Crippen LogP contribution in [0.4, 0.5) is 29.8 Å². The molecule has 2 aromatic heterocycles. The van der Waals surface area contributed by atoms with Crippen molar-refractivity contribution in [3.05, 3.63) is 58.6 Å². The first-order valence-corrected chi connectivity index (χ1v) is 10.3. The van der Waals surface area contributed by atoms with E-state index in [0.717, 1.165) is 21.6 Å². The van der Waals surface area contributed by atoms with E-state index in [1.54, 1.807) is 43.3 Å². The molecule has 0 fully saturated rings. The fourth-order valence-electron chi connectivity index (χ4n) is 3.25. The average molecular weight is 461 g/mol. The maximum absolute atomic E-state index is 12.9. The summed E-state index contributed by atoms with van der Waals surface area (Å²) in [5.41, 5.74) is 2.17. The molecule has 1 amide bonds. The Hall–Kier alpha value is -3.60. The van der Waals surface area contributed by atoms with Gasteiger partial charge in [0.05, 0.1) is 17.4 Å². The molecule has 0 aliphatic heterocycles. The SMILES string of the molecule is Cc1ccc(O)c(C)c1NC(=O)c1cnc(Nc2nn(CC(F)(F)F)c3ccccc23)s1. The Labute approximate surface area is 184 Å². The first-order chi connectivity index (χ1) is 15.1. The number of rotatable bonds is 5. The molecule has 166 valence electrons. The summed E-state index contributed by atoms with van der Waals surface area (Å²) < 4.78 is 39.6. The minimum absolute atomic E-state index is 0.0684. The highest BCUT2D eigenvalue weighted by Gasteiger charge is 2.30. The number of carbonyl (C=O) groups is 1. The summed E-state index contributed by atoms with van der Waals surface area (Å²) in [5.74, 6) is -0.135. The van der Waals surface area contributed by atoms with E-state index >= 15 is 0 Å². The third kappa shape index (κ3) is 4.37. The number of fused-ring (bicyclic) bond motifs is 1. The van der Waals surface area contributed by atoms with Gasteiger partial charge < -0.3 is 15.7 Å². The van der Waals surface area contributed by atoms with Crippen LogP contribution in [-0.4, -0.2) is 32.0 Å². The van der Waals surface area contributed by atoms with E-state index in [4.69, 9.17) is 0 Å². The van der Waals surface area contributed by atoms with Gasteiger partial charge in [-0.15, -0.1) is 0 Å². The molecule has 0 bridgehead atoms. The van der Waals surface area contributed by atoms with E-state index in [9.17, 15) is 23.1 Å². The van der Waals surface area contributed by atoms with Crippen LogP contribution in [0.2, 0.25) is 0 Å². The van der Waals surface area contributed by atoms with Crippen molar-refractivity contribution in [1.29, 1.82) is 0 Å². The van der Waals surface area contributed by atoms with Gasteiger partial charge in [0, 0.05) is 10.9 Å². The molecule has 11 heteroatoms. The van der Waals surface area contributed by atoms with E-state index in [1.165, 1.54) is 6.20 Å². The largest absolute Gasteiger partial charge is 0.508 e. The Morgan fingerprint density at radius 3 is 2.69 bits per heavy atom. The summed E-state index contributed by atoms with van der Waals surface area (Å²) in [5, 5.41) is 20.4. The fraction of sp³-hybridized carbons (Fsp3) is 0.190. The third-order valence-electron chi connectivity index (χ3n) is 4.83. The number of halogens is 3. The zero-order valence-corrected chi connectivity index (χ0v) is 17.8. The zero-order valence-electron chi connectivity index (χ0n) is 17.0. The second-order valence-corrected chi connectivity index (χ2v) is 8.18. The summed E-state index contributed by atoms with van der Waals surface area (Å²) in [6.07, 6.45) is -3.05. The van der Waals surface area contributed by atoms with E-state index < -0.39 is 18.6 Å². The lowest BCUT2D eigenvalue weighted by atomic mass is 10.1. The molecule has 4 aromatic rings. The topological polar surface area (TPSA) is 92.1 Å². The van der Waals surface area contributed by atoms with Crippen molar-refractivity contribution in [1.82, 2.24) is 14.8 Å². The number of anilines is 3. The van der Waals surface area contributed by atoms with Crippen LogP contribution in [0.3, 0.4) is 0 Å². The quantitative estimate of drug-likeness (QED) is 0.372. The van der Waals surface area contributed by atoms with Crippen molar-refractivity contribution in [2.45, 2.75) is 26.6 Å². The Morgan fingerprint density at radius 2 is 1.94 bits per heavy atom. The highest BCUT2D eigenvalue weighted by Crippen LogP contribution is 2.31. The lowest BCUT2D eigenvalue weighted by Gasteiger charge is -2.11. The van der Waals surface area contributed by atoms with Gasteiger partial charge in [-0.2, -0.15) is 18.3 Å². The molecule has 0 unspecified atom stereocenters. The number of thiazole rings is 1. The van der Waals surface area contributed by atoms with Gasteiger partial charge >= 0.3 is 6.18 Å². The summed E-state index contributed by atoms with van der Waals surface area (Å²) in [7, 11) is 0. The summed E-state index contributed by atoms with van der Waals surface area (Å²) >= 11 is 1.03. The molecule has 2 heterocycles. The Balaban J connectivity index is 1.57. The number of para-hydroxylation sites is 1. The molecule has 3 N–H and O–H groups in total. The number of hydrogen-bond acceptors (Lipinski definition) is 6. The second kappa shape index (κ2) is 8.15. The van der Waals surface area contributed by atoms with Crippen molar-refractivity contribution in [3.8, 4) is 5.75 Å². The van der Waals surface area contributed by atoms with Gasteiger partial charge in [0.1, 0.15) is 17.2 Å². The van der Waals surface area contributed by atoms with Gasteiger partial charge in [-0.25, -0.2) is 4.98 Å². The lowest BCUT2D eigenvalue weighted by Crippen LogP contribution is -2.18.